The molecule has 1 atom stereocenters. The third kappa shape index (κ3) is 2.85. The summed E-state index contributed by atoms with van der Waals surface area (Å²) in [5, 5.41) is 3.01. The number of fused-ring (bicyclic) bond motifs is 1. The van der Waals surface area contributed by atoms with Crippen molar-refractivity contribution in [2.75, 3.05) is 6.61 Å². The van der Waals surface area contributed by atoms with Gasteiger partial charge in [0.1, 0.15) is 11.5 Å². The molecule has 104 valence electrons. The van der Waals surface area contributed by atoms with Crippen LogP contribution in [0, 0.1) is 0 Å². The van der Waals surface area contributed by atoms with Crippen molar-refractivity contribution >= 4 is 5.91 Å². The number of ether oxygens (including phenoxy) is 1. The second-order valence-corrected chi connectivity index (χ2v) is 4.91. The summed E-state index contributed by atoms with van der Waals surface area (Å²) in [6.07, 6.45) is 4.62. The number of benzene rings is 1. The van der Waals surface area contributed by atoms with Crippen LogP contribution in [0.1, 0.15) is 30.2 Å². The minimum absolute atomic E-state index is 0.0354. The first-order valence-corrected chi connectivity index (χ1v) is 6.86. The van der Waals surface area contributed by atoms with Gasteiger partial charge in [-0.25, -0.2) is 0 Å². The number of aryl methyl sites for hydroxylation is 1. The standard InChI is InChI=1S/C16H17NO3/c18-16(11-20-12-5-2-1-3-6-12)17-14-7-4-8-15-13(14)9-10-19-15/h1-3,5-6,9-10,14H,4,7-8,11H2,(H,17,18). The third-order valence-corrected chi connectivity index (χ3v) is 3.50. The van der Waals surface area contributed by atoms with Crippen molar-refractivity contribution in [2.45, 2.75) is 25.3 Å². The zero-order chi connectivity index (χ0) is 13.8. The molecule has 4 heteroatoms. The number of hydrogen-bond donors (Lipinski definition) is 1. The molecule has 0 saturated carbocycles. The summed E-state index contributed by atoms with van der Waals surface area (Å²) in [5.41, 5.74) is 1.10. The first-order chi connectivity index (χ1) is 9.83. The fourth-order valence-corrected chi connectivity index (χ4v) is 2.54. The van der Waals surface area contributed by atoms with Crippen LogP contribution in [-0.2, 0) is 11.2 Å². The summed E-state index contributed by atoms with van der Waals surface area (Å²) in [6.45, 7) is 0.0354. The van der Waals surface area contributed by atoms with Crippen LogP contribution in [0.25, 0.3) is 0 Å². The van der Waals surface area contributed by atoms with E-state index in [2.05, 4.69) is 5.32 Å². The first-order valence-electron chi connectivity index (χ1n) is 6.86. The number of amides is 1. The molecule has 1 amide bonds. The van der Waals surface area contributed by atoms with Crippen LogP contribution < -0.4 is 10.1 Å². The Balaban J connectivity index is 1.55. The number of carbonyl (C=O) groups excluding carboxylic acids is 1. The van der Waals surface area contributed by atoms with Crippen LogP contribution in [0.4, 0.5) is 0 Å². The molecule has 1 aromatic carbocycles. The molecule has 1 heterocycles. The lowest BCUT2D eigenvalue weighted by Crippen LogP contribution is -2.34. The van der Waals surface area contributed by atoms with Gasteiger partial charge in [-0.1, -0.05) is 18.2 Å². The summed E-state index contributed by atoms with van der Waals surface area (Å²) < 4.78 is 10.9. The van der Waals surface area contributed by atoms with Crippen LogP contribution in [-0.4, -0.2) is 12.5 Å². The average Bonchev–Trinajstić information content (AvgIpc) is 2.96. The Labute approximate surface area is 117 Å². The van der Waals surface area contributed by atoms with E-state index in [1.165, 1.54) is 0 Å². The zero-order valence-corrected chi connectivity index (χ0v) is 11.2. The maximum Gasteiger partial charge on any atom is 0.258 e. The molecular weight excluding hydrogens is 254 g/mol. The van der Waals surface area contributed by atoms with Crippen molar-refractivity contribution in [3.05, 3.63) is 54.0 Å². The molecule has 4 nitrogen and oxygen atoms in total. The van der Waals surface area contributed by atoms with Gasteiger partial charge in [-0.15, -0.1) is 0 Å². The molecule has 0 bridgehead atoms. The van der Waals surface area contributed by atoms with Gasteiger partial charge in [0, 0.05) is 12.0 Å². The van der Waals surface area contributed by atoms with E-state index in [4.69, 9.17) is 9.15 Å². The quantitative estimate of drug-likeness (QED) is 0.930. The number of para-hydroxylation sites is 1. The summed E-state index contributed by atoms with van der Waals surface area (Å²) in [4.78, 5) is 11.9. The summed E-state index contributed by atoms with van der Waals surface area (Å²) in [5.74, 6) is 1.59. The molecule has 3 rings (SSSR count). The van der Waals surface area contributed by atoms with E-state index in [9.17, 15) is 4.79 Å². The van der Waals surface area contributed by atoms with Crippen molar-refractivity contribution in [3.63, 3.8) is 0 Å². The summed E-state index contributed by atoms with van der Waals surface area (Å²) in [7, 11) is 0. The number of hydrogen-bond acceptors (Lipinski definition) is 3. The topological polar surface area (TPSA) is 51.5 Å². The Kier molecular flexibility index (Phi) is 3.72. The van der Waals surface area contributed by atoms with E-state index in [0.29, 0.717) is 5.75 Å². The highest BCUT2D eigenvalue weighted by atomic mass is 16.5. The van der Waals surface area contributed by atoms with Gasteiger partial charge in [0.15, 0.2) is 6.61 Å². The van der Waals surface area contributed by atoms with Crippen molar-refractivity contribution in [1.29, 1.82) is 0 Å². The first kappa shape index (κ1) is 12.8. The SMILES string of the molecule is O=C(COc1ccccc1)NC1CCCc2occc21. The number of nitrogens with one attached hydrogen (secondary N) is 1. The molecular formula is C16H17NO3. The van der Waals surface area contributed by atoms with Crippen LogP contribution in [0.2, 0.25) is 0 Å². The normalized spacial score (nSPS) is 17.3. The summed E-state index contributed by atoms with van der Waals surface area (Å²) in [6, 6.07) is 11.3. The molecule has 0 saturated heterocycles. The zero-order valence-electron chi connectivity index (χ0n) is 11.2. The van der Waals surface area contributed by atoms with Gasteiger partial charge < -0.3 is 14.5 Å². The highest BCUT2D eigenvalue weighted by Crippen LogP contribution is 2.30. The van der Waals surface area contributed by atoms with Gasteiger partial charge in [0.2, 0.25) is 0 Å². The van der Waals surface area contributed by atoms with E-state index in [0.717, 1.165) is 30.6 Å². The molecule has 1 aliphatic rings. The van der Waals surface area contributed by atoms with Gasteiger partial charge in [-0.3, -0.25) is 4.79 Å². The van der Waals surface area contributed by atoms with Crippen LogP contribution in [0.15, 0.2) is 47.1 Å². The van der Waals surface area contributed by atoms with Crippen molar-refractivity contribution in [2.24, 2.45) is 0 Å². The lowest BCUT2D eigenvalue weighted by molar-refractivity contribution is -0.124. The maximum atomic E-state index is 11.9. The second-order valence-electron chi connectivity index (χ2n) is 4.91. The van der Waals surface area contributed by atoms with Gasteiger partial charge in [-0.2, -0.15) is 0 Å². The maximum absolute atomic E-state index is 11.9. The lowest BCUT2D eigenvalue weighted by Gasteiger charge is -2.22. The second kappa shape index (κ2) is 5.82. The van der Waals surface area contributed by atoms with Crippen molar-refractivity contribution < 1.29 is 13.9 Å². The Bertz CT molecular complexity index is 576. The fraction of sp³-hybridized carbons (Fsp3) is 0.312. The predicted molar refractivity (Wildman–Crippen MR) is 74.5 cm³/mol. The van der Waals surface area contributed by atoms with Crippen molar-refractivity contribution in [1.82, 2.24) is 5.32 Å². The molecule has 0 aliphatic heterocycles. The predicted octanol–water partition coefficient (Wildman–Crippen LogP) is 2.85. The minimum Gasteiger partial charge on any atom is -0.484 e. The van der Waals surface area contributed by atoms with E-state index < -0.39 is 0 Å². The molecule has 0 radical (unpaired) electrons. The monoisotopic (exact) mass is 271 g/mol. The Morgan fingerprint density at radius 3 is 3.00 bits per heavy atom. The summed E-state index contributed by atoms with van der Waals surface area (Å²) >= 11 is 0. The molecule has 2 aromatic rings. The molecule has 20 heavy (non-hydrogen) atoms. The Hall–Kier alpha value is -2.23. The lowest BCUT2D eigenvalue weighted by atomic mass is 9.93. The van der Waals surface area contributed by atoms with Crippen molar-refractivity contribution in [3.8, 4) is 5.75 Å². The molecule has 1 aromatic heterocycles. The van der Waals surface area contributed by atoms with E-state index in [1.807, 2.05) is 36.4 Å². The molecule has 1 unspecified atom stereocenters. The Morgan fingerprint density at radius 1 is 1.30 bits per heavy atom. The highest BCUT2D eigenvalue weighted by molar-refractivity contribution is 5.78. The van der Waals surface area contributed by atoms with Gasteiger partial charge in [-0.05, 0) is 31.0 Å². The Morgan fingerprint density at radius 2 is 2.15 bits per heavy atom. The average molecular weight is 271 g/mol. The van der Waals surface area contributed by atoms with E-state index in [-0.39, 0.29) is 18.6 Å². The highest BCUT2D eigenvalue weighted by Gasteiger charge is 2.23. The number of rotatable bonds is 4. The molecule has 1 N–H and O–H groups in total. The third-order valence-electron chi connectivity index (χ3n) is 3.50. The largest absolute Gasteiger partial charge is 0.484 e. The molecule has 0 spiro atoms. The smallest absolute Gasteiger partial charge is 0.258 e. The van der Waals surface area contributed by atoms with Crippen LogP contribution >= 0.6 is 0 Å². The fourth-order valence-electron chi connectivity index (χ4n) is 2.54. The van der Waals surface area contributed by atoms with Gasteiger partial charge in [0.05, 0.1) is 12.3 Å². The molecule has 0 fully saturated rings. The van der Waals surface area contributed by atoms with Gasteiger partial charge >= 0.3 is 0 Å². The number of furan rings is 1. The number of carbonyl (C=O) groups is 1. The molecule has 1 aliphatic carbocycles. The van der Waals surface area contributed by atoms with E-state index in [1.54, 1.807) is 6.26 Å². The van der Waals surface area contributed by atoms with Crippen LogP contribution in [0.5, 0.6) is 5.75 Å². The minimum atomic E-state index is -0.104. The van der Waals surface area contributed by atoms with Crippen LogP contribution in [0.3, 0.4) is 0 Å². The van der Waals surface area contributed by atoms with Gasteiger partial charge in [0.25, 0.3) is 5.91 Å². The van der Waals surface area contributed by atoms with E-state index >= 15 is 0 Å².